The van der Waals surface area contributed by atoms with Gasteiger partial charge in [-0.2, -0.15) is 0 Å². The molecule has 0 rings (SSSR count). The summed E-state index contributed by atoms with van der Waals surface area (Å²) in [4.78, 5) is 11.4. The molecule has 5 heteroatoms. The lowest BCUT2D eigenvalue weighted by atomic mass is 10.1. The molecule has 4 nitrogen and oxygen atoms in total. The Morgan fingerprint density at radius 3 is 2.53 bits per heavy atom. The summed E-state index contributed by atoms with van der Waals surface area (Å²) in [5, 5.41) is 2.87. The van der Waals surface area contributed by atoms with Crippen LogP contribution < -0.4 is 11.1 Å². The van der Waals surface area contributed by atoms with Crippen LogP contribution in [0.3, 0.4) is 0 Å². The third-order valence-corrected chi connectivity index (χ3v) is 2.99. The van der Waals surface area contributed by atoms with E-state index >= 15 is 0 Å². The van der Waals surface area contributed by atoms with Crippen LogP contribution in [0.25, 0.3) is 0 Å². The van der Waals surface area contributed by atoms with Crippen LogP contribution in [0.4, 0.5) is 0 Å². The van der Waals surface area contributed by atoms with Gasteiger partial charge in [0.05, 0.1) is 0 Å². The molecule has 90 valence electrons. The predicted octanol–water partition coefficient (Wildman–Crippen LogP) is 0.245. The highest BCUT2D eigenvalue weighted by Gasteiger charge is 2.10. The summed E-state index contributed by atoms with van der Waals surface area (Å²) in [5.74, 6) is 0.883. The van der Waals surface area contributed by atoms with Gasteiger partial charge in [0, 0.05) is 35.3 Å². The molecule has 0 saturated carbocycles. The summed E-state index contributed by atoms with van der Waals surface area (Å²) < 4.78 is 10.8. The number of hydrogen-bond donors (Lipinski definition) is 2. The van der Waals surface area contributed by atoms with Gasteiger partial charge in [-0.1, -0.05) is 6.92 Å². The maximum Gasteiger partial charge on any atom is 0.220 e. The predicted molar refractivity (Wildman–Crippen MR) is 64.0 cm³/mol. The molecule has 3 atom stereocenters. The van der Waals surface area contributed by atoms with Crippen LogP contribution in [0, 0.1) is 5.92 Å². The zero-order chi connectivity index (χ0) is 11.8. The Hall–Kier alpha value is -0.420. The highest BCUT2D eigenvalue weighted by Crippen LogP contribution is 2.00. The number of nitrogens with two attached hydrogens (primary N) is 1. The third kappa shape index (κ3) is 8.57. The van der Waals surface area contributed by atoms with Gasteiger partial charge in [0.2, 0.25) is 5.91 Å². The van der Waals surface area contributed by atoms with Crippen molar-refractivity contribution in [2.24, 2.45) is 11.7 Å². The Bertz CT molecular complexity index is 221. The number of carbonyl (C=O) groups is 1. The molecule has 0 aliphatic heterocycles. The van der Waals surface area contributed by atoms with Crippen LogP contribution in [-0.4, -0.2) is 34.7 Å². The molecule has 0 aliphatic carbocycles. The molecule has 3 unspecified atom stereocenters. The van der Waals surface area contributed by atoms with Crippen molar-refractivity contribution in [3.05, 3.63) is 0 Å². The first-order valence-electron chi connectivity index (χ1n) is 5.25. The van der Waals surface area contributed by atoms with Crippen molar-refractivity contribution < 1.29 is 9.00 Å². The van der Waals surface area contributed by atoms with Crippen molar-refractivity contribution in [1.29, 1.82) is 0 Å². The van der Waals surface area contributed by atoms with Crippen molar-refractivity contribution in [3.8, 4) is 0 Å². The molecule has 1 amide bonds. The second-order valence-corrected chi connectivity index (χ2v) is 5.63. The van der Waals surface area contributed by atoms with Gasteiger partial charge in [-0.15, -0.1) is 0 Å². The van der Waals surface area contributed by atoms with E-state index < -0.39 is 10.8 Å². The lowest BCUT2D eigenvalue weighted by molar-refractivity contribution is -0.122. The second-order valence-electron chi connectivity index (χ2n) is 4.08. The van der Waals surface area contributed by atoms with E-state index in [2.05, 4.69) is 5.32 Å². The second kappa shape index (κ2) is 7.82. The van der Waals surface area contributed by atoms with Gasteiger partial charge >= 0.3 is 0 Å². The number of amides is 1. The fourth-order valence-corrected chi connectivity index (χ4v) is 1.83. The molecule has 0 spiro atoms. The zero-order valence-electron chi connectivity index (χ0n) is 9.79. The summed E-state index contributed by atoms with van der Waals surface area (Å²) in [7, 11) is -0.785. The van der Waals surface area contributed by atoms with Crippen molar-refractivity contribution in [1.82, 2.24) is 5.32 Å². The van der Waals surface area contributed by atoms with Crippen molar-refractivity contribution in [2.75, 3.05) is 18.6 Å². The monoisotopic (exact) mass is 234 g/mol. The van der Waals surface area contributed by atoms with Gasteiger partial charge in [-0.25, -0.2) is 0 Å². The largest absolute Gasteiger partial charge is 0.354 e. The van der Waals surface area contributed by atoms with Crippen LogP contribution in [0.5, 0.6) is 0 Å². The van der Waals surface area contributed by atoms with Crippen LogP contribution in [-0.2, 0) is 15.6 Å². The van der Waals surface area contributed by atoms with Gasteiger partial charge in [0.15, 0.2) is 0 Å². The molecule has 0 aliphatic rings. The summed E-state index contributed by atoms with van der Waals surface area (Å²) in [6, 6.07) is 0.0892. The first kappa shape index (κ1) is 14.6. The first-order valence-corrected chi connectivity index (χ1v) is 6.97. The number of rotatable bonds is 7. The van der Waals surface area contributed by atoms with Gasteiger partial charge in [0.25, 0.3) is 0 Å². The Morgan fingerprint density at radius 2 is 2.07 bits per heavy atom. The molecule has 0 bridgehead atoms. The Kier molecular flexibility index (Phi) is 7.60. The molecular formula is C10H22N2O2S. The van der Waals surface area contributed by atoms with E-state index in [0.717, 1.165) is 6.42 Å². The van der Waals surface area contributed by atoms with E-state index in [1.54, 1.807) is 6.26 Å². The minimum Gasteiger partial charge on any atom is -0.354 e. The summed E-state index contributed by atoms with van der Waals surface area (Å²) in [6.07, 6.45) is 2.90. The van der Waals surface area contributed by atoms with Crippen molar-refractivity contribution in [2.45, 2.75) is 32.7 Å². The highest BCUT2D eigenvalue weighted by molar-refractivity contribution is 7.84. The van der Waals surface area contributed by atoms with E-state index in [9.17, 15) is 9.00 Å². The first-order chi connectivity index (χ1) is 6.95. The van der Waals surface area contributed by atoms with Crippen LogP contribution >= 0.6 is 0 Å². The summed E-state index contributed by atoms with van der Waals surface area (Å²) >= 11 is 0. The van der Waals surface area contributed by atoms with E-state index in [1.807, 2.05) is 13.8 Å². The molecular weight excluding hydrogens is 212 g/mol. The van der Waals surface area contributed by atoms with Crippen molar-refractivity contribution in [3.63, 3.8) is 0 Å². The quantitative estimate of drug-likeness (QED) is 0.663. The average molecular weight is 234 g/mol. The lowest BCUT2D eigenvalue weighted by Crippen LogP contribution is -2.35. The molecule has 0 aromatic heterocycles. The van der Waals surface area contributed by atoms with E-state index in [1.165, 1.54) is 0 Å². The maximum absolute atomic E-state index is 11.4. The van der Waals surface area contributed by atoms with Crippen molar-refractivity contribution >= 4 is 16.7 Å². The van der Waals surface area contributed by atoms with Gasteiger partial charge in [-0.05, 0) is 25.8 Å². The third-order valence-electron chi connectivity index (χ3n) is 2.18. The van der Waals surface area contributed by atoms with Gasteiger partial charge in [-0.3, -0.25) is 9.00 Å². The molecule has 0 fully saturated rings. The fourth-order valence-electron chi connectivity index (χ4n) is 1.15. The van der Waals surface area contributed by atoms with E-state index in [4.69, 9.17) is 5.73 Å². The summed E-state index contributed by atoms with van der Waals surface area (Å²) in [5.41, 5.74) is 5.43. The standard InChI is InChI=1S/C10H22N2O2S/c1-8(7-11)6-10(13)12-9(2)4-5-15(3)14/h8-9H,4-7,11H2,1-3H3,(H,12,13). The van der Waals surface area contributed by atoms with Crippen LogP contribution in [0.15, 0.2) is 0 Å². The Morgan fingerprint density at radius 1 is 1.47 bits per heavy atom. The number of carbonyl (C=O) groups excluding carboxylic acids is 1. The maximum atomic E-state index is 11.4. The SMILES string of the molecule is CC(CN)CC(=O)NC(C)CCS(C)=O. The normalized spacial score (nSPS) is 16.8. The minimum absolute atomic E-state index is 0.0299. The molecule has 0 saturated heterocycles. The fraction of sp³-hybridized carbons (Fsp3) is 0.900. The highest BCUT2D eigenvalue weighted by atomic mass is 32.2. The topological polar surface area (TPSA) is 72.2 Å². The van der Waals surface area contributed by atoms with E-state index in [-0.39, 0.29) is 17.9 Å². The molecule has 0 radical (unpaired) electrons. The van der Waals surface area contributed by atoms with Gasteiger partial charge < -0.3 is 11.1 Å². The van der Waals surface area contributed by atoms with Crippen LogP contribution in [0.2, 0.25) is 0 Å². The van der Waals surface area contributed by atoms with E-state index in [0.29, 0.717) is 18.7 Å². The number of hydrogen-bond acceptors (Lipinski definition) is 3. The smallest absolute Gasteiger partial charge is 0.220 e. The van der Waals surface area contributed by atoms with Crippen LogP contribution in [0.1, 0.15) is 26.7 Å². The molecule has 3 N–H and O–H groups in total. The molecule has 0 aromatic carbocycles. The Labute approximate surface area is 94.4 Å². The minimum atomic E-state index is -0.785. The average Bonchev–Trinajstić information content (AvgIpc) is 2.14. The zero-order valence-corrected chi connectivity index (χ0v) is 10.6. The number of nitrogens with one attached hydrogen (secondary N) is 1. The van der Waals surface area contributed by atoms with Gasteiger partial charge in [0.1, 0.15) is 0 Å². The Balaban J connectivity index is 3.71. The lowest BCUT2D eigenvalue weighted by Gasteiger charge is -2.14. The summed E-state index contributed by atoms with van der Waals surface area (Å²) in [6.45, 7) is 4.41. The molecule has 0 heterocycles. The molecule has 0 aromatic rings. The molecule has 15 heavy (non-hydrogen) atoms.